The summed E-state index contributed by atoms with van der Waals surface area (Å²) in [5, 5.41) is 10.3. The zero-order valence-corrected chi connectivity index (χ0v) is 20.4. The number of carbonyl (C=O) groups excluding carboxylic acids is 1. The van der Waals surface area contributed by atoms with E-state index in [1.807, 2.05) is 36.1 Å². The summed E-state index contributed by atoms with van der Waals surface area (Å²) in [6.45, 7) is 2.51. The lowest BCUT2D eigenvalue weighted by Crippen LogP contribution is -2.45. The van der Waals surface area contributed by atoms with Crippen LogP contribution in [0, 0.1) is 12.7 Å². The fourth-order valence-electron chi connectivity index (χ4n) is 4.81. The Balaban J connectivity index is 1.26. The molecule has 2 aromatic carbocycles. The summed E-state index contributed by atoms with van der Waals surface area (Å²) >= 11 is 1.44. The summed E-state index contributed by atoms with van der Waals surface area (Å²) in [4.78, 5) is 20.9. The van der Waals surface area contributed by atoms with Crippen LogP contribution in [0.25, 0.3) is 32.9 Å². The van der Waals surface area contributed by atoms with E-state index < -0.39 is 0 Å². The van der Waals surface area contributed by atoms with Gasteiger partial charge in [0.15, 0.2) is 0 Å². The largest absolute Gasteiger partial charge is 0.464 e. The molecular weight excluding hydrogens is 479 g/mol. The zero-order chi connectivity index (χ0) is 24.6. The van der Waals surface area contributed by atoms with Crippen LogP contribution in [0.3, 0.4) is 0 Å². The maximum Gasteiger partial charge on any atom is 0.274 e. The van der Waals surface area contributed by atoms with Crippen LogP contribution in [0.2, 0.25) is 0 Å². The van der Waals surface area contributed by atoms with Crippen LogP contribution in [0.1, 0.15) is 40.6 Å². The van der Waals surface area contributed by atoms with Gasteiger partial charge in [0.1, 0.15) is 17.1 Å². The van der Waals surface area contributed by atoms with Gasteiger partial charge in [-0.2, -0.15) is 0 Å². The molecular formula is C27H23FN4O3S. The topological polar surface area (TPSA) is 85.3 Å². The second-order valence-corrected chi connectivity index (χ2v) is 10.1. The van der Waals surface area contributed by atoms with Gasteiger partial charge in [0.2, 0.25) is 11.8 Å². The van der Waals surface area contributed by atoms with E-state index in [0.717, 1.165) is 51.2 Å². The molecule has 0 spiro atoms. The van der Waals surface area contributed by atoms with E-state index in [4.69, 9.17) is 8.83 Å². The molecule has 0 saturated carbocycles. The number of rotatable bonds is 5. The first kappa shape index (κ1) is 22.6. The maximum atomic E-state index is 13.7. The second-order valence-electron chi connectivity index (χ2n) is 8.91. The molecule has 6 rings (SSSR count). The van der Waals surface area contributed by atoms with Gasteiger partial charge in [-0.25, -0.2) is 9.37 Å². The molecule has 9 heteroatoms. The molecule has 1 fully saturated rings. The number of fused-ring (bicyclic) bond motifs is 1. The van der Waals surface area contributed by atoms with Gasteiger partial charge in [-0.15, -0.1) is 21.5 Å². The minimum Gasteiger partial charge on any atom is -0.464 e. The fourth-order valence-corrected chi connectivity index (χ4v) is 5.73. The lowest BCUT2D eigenvalue weighted by atomic mass is 9.98. The van der Waals surface area contributed by atoms with Gasteiger partial charge in [-0.1, -0.05) is 18.2 Å². The van der Waals surface area contributed by atoms with Crippen LogP contribution >= 0.6 is 11.3 Å². The number of likely N-dealkylation sites (tertiary alicyclic amines) is 1. The Morgan fingerprint density at radius 1 is 1.14 bits per heavy atom. The van der Waals surface area contributed by atoms with Crippen molar-refractivity contribution in [2.24, 2.45) is 0 Å². The molecule has 5 aromatic rings. The molecule has 36 heavy (non-hydrogen) atoms. The van der Waals surface area contributed by atoms with E-state index in [2.05, 4.69) is 15.2 Å². The third-order valence-electron chi connectivity index (χ3n) is 6.53. The van der Waals surface area contributed by atoms with Crippen LogP contribution in [-0.2, 0) is 6.42 Å². The molecule has 4 heterocycles. The van der Waals surface area contributed by atoms with E-state index in [-0.39, 0.29) is 17.8 Å². The van der Waals surface area contributed by atoms with Crippen LogP contribution in [-0.4, -0.2) is 38.6 Å². The van der Waals surface area contributed by atoms with E-state index in [1.54, 1.807) is 18.4 Å². The van der Waals surface area contributed by atoms with Crippen molar-refractivity contribution in [1.29, 1.82) is 0 Å². The number of halogens is 1. The normalized spacial score (nSPS) is 16.1. The van der Waals surface area contributed by atoms with Gasteiger partial charge in [-0.3, -0.25) is 4.79 Å². The highest BCUT2D eigenvalue weighted by Crippen LogP contribution is 2.33. The number of nitrogens with zero attached hydrogens (tertiary/aromatic N) is 4. The molecule has 0 bridgehead atoms. The molecule has 1 unspecified atom stereocenters. The van der Waals surface area contributed by atoms with Crippen molar-refractivity contribution in [3.63, 3.8) is 0 Å². The standard InChI is InChI=1S/C27H23FN4O3S/c1-16-29-24(25(36-16)17-8-10-18(28)11-9-17)27(33)32-13-3-2-5-19(32)15-23-30-31-26(35-23)21-6-4-7-22-20(21)12-14-34-22/h4,6-12,14,19H,2-3,5,13,15H2,1H3. The highest BCUT2D eigenvalue weighted by atomic mass is 32.1. The minimum atomic E-state index is -0.313. The number of carbonyl (C=O) groups is 1. The Morgan fingerprint density at radius 2 is 2.00 bits per heavy atom. The second kappa shape index (κ2) is 9.31. The number of aryl methyl sites for hydroxylation is 1. The minimum absolute atomic E-state index is 0.0765. The van der Waals surface area contributed by atoms with Gasteiger partial charge < -0.3 is 13.7 Å². The first-order valence-corrected chi connectivity index (χ1v) is 12.7. The highest BCUT2D eigenvalue weighted by molar-refractivity contribution is 7.15. The molecule has 182 valence electrons. The predicted molar refractivity (Wildman–Crippen MR) is 134 cm³/mol. The lowest BCUT2D eigenvalue weighted by molar-refractivity contribution is 0.0601. The third kappa shape index (κ3) is 4.19. The Morgan fingerprint density at radius 3 is 2.86 bits per heavy atom. The average Bonchev–Trinajstić information content (AvgIpc) is 3.64. The predicted octanol–water partition coefficient (Wildman–Crippen LogP) is 6.29. The van der Waals surface area contributed by atoms with Crippen molar-refractivity contribution in [1.82, 2.24) is 20.1 Å². The number of furan rings is 1. The molecule has 1 aliphatic rings. The lowest BCUT2D eigenvalue weighted by Gasteiger charge is -2.35. The molecule has 0 N–H and O–H groups in total. The fraction of sp³-hybridized carbons (Fsp3) is 0.259. The van der Waals surface area contributed by atoms with Gasteiger partial charge in [0.05, 0.1) is 16.1 Å². The van der Waals surface area contributed by atoms with Crippen LogP contribution in [0.15, 0.2) is 63.6 Å². The van der Waals surface area contributed by atoms with Crippen molar-refractivity contribution < 1.29 is 18.0 Å². The number of amides is 1. The van der Waals surface area contributed by atoms with Crippen molar-refractivity contribution >= 4 is 28.2 Å². The SMILES string of the molecule is Cc1nc(C(=O)N2CCCCC2Cc2nnc(-c3cccc4occc34)o2)c(-c2ccc(F)cc2)s1. The number of hydrogen-bond donors (Lipinski definition) is 0. The molecule has 1 atom stereocenters. The smallest absolute Gasteiger partial charge is 0.274 e. The Bertz CT molecular complexity index is 1540. The van der Waals surface area contributed by atoms with Gasteiger partial charge in [0.25, 0.3) is 5.91 Å². The quantitative estimate of drug-likeness (QED) is 0.281. The van der Waals surface area contributed by atoms with E-state index >= 15 is 0 Å². The van der Waals surface area contributed by atoms with E-state index in [0.29, 0.717) is 30.4 Å². The first-order valence-electron chi connectivity index (χ1n) is 11.9. The van der Waals surface area contributed by atoms with Crippen molar-refractivity contribution in [2.75, 3.05) is 6.54 Å². The van der Waals surface area contributed by atoms with Crippen molar-refractivity contribution in [2.45, 2.75) is 38.6 Å². The zero-order valence-electron chi connectivity index (χ0n) is 19.6. The molecule has 0 radical (unpaired) electrons. The van der Waals surface area contributed by atoms with Crippen LogP contribution in [0.4, 0.5) is 4.39 Å². The van der Waals surface area contributed by atoms with Gasteiger partial charge >= 0.3 is 0 Å². The highest BCUT2D eigenvalue weighted by Gasteiger charge is 2.32. The van der Waals surface area contributed by atoms with Crippen molar-refractivity contribution in [3.05, 3.63) is 77.2 Å². The summed E-state index contributed by atoms with van der Waals surface area (Å²) in [6.07, 6.45) is 4.89. The number of piperidine rings is 1. The van der Waals surface area contributed by atoms with E-state index in [1.165, 1.54) is 23.5 Å². The van der Waals surface area contributed by atoms with Crippen molar-refractivity contribution in [3.8, 4) is 21.9 Å². The maximum absolute atomic E-state index is 13.7. The summed E-state index contributed by atoms with van der Waals surface area (Å²) in [5.74, 6) is 0.487. The number of benzene rings is 2. The average molecular weight is 503 g/mol. The first-order chi connectivity index (χ1) is 17.6. The molecule has 1 saturated heterocycles. The third-order valence-corrected chi connectivity index (χ3v) is 7.55. The number of thiazole rings is 1. The summed E-state index contributed by atoms with van der Waals surface area (Å²) in [7, 11) is 0. The molecule has 1 amide bonds. The monoisotopic (exact) mass is 502 g/mol. The summed E-state index contributed by atoms with van der Waals surface area (Å²) in [5.41, 5.74) is 2.77. The van der Waals surface area contributed by atoms with Gasteiger partial charge in [0, 0.05) is 30.0 Å². The van der Waals surface area contributed by atoms with Gasteiger partial charge in [-0.05, 0) is 62.1 Å². The molecule has 7 nitrogen and oxygen atoms in total. The Hall–Kier alpha value is -3.85. The summed E-state index contributed by atoms with van der Waals surface area (Å²) < 4.78 is 25.0. The summed E-state index contributed by atoms with van der Waals surface area (Å²) in [6, 6.07) is 13.7. The Kier molecular flexibility index (Phi) is 5.85. The number of hydrogen-bond acceptors (Lipinski definition) is 7. The molecule has 1 aliphatic heterocycles. The molecule has 0 aliphatic carbocycles. The van der Waals surface area contributed by atoms with Crippen LogP contribution in [0.5, 0.6) is 0 Å². The van der Waals surface area contributed by atoms with Crippen LogP contribution < -0.4 is 0 Å². The van der Waals surface area contributed by atoms with E-state index in [9.17, 15) is 9.18 Å². The molecule has 3 aromatic heterocycles. The number of aromatic nitrogens is 3. The Labute approximate surface area is 210 Å².